The molecule has 30 heavy (non-hydrogen) atoms. The van der Waals surface area contributed by atoms with Crippen molar-refractivity contribution in [2.24, 2.45) is 5.41 Å². The Bertz CT molecular complexity index is 839. The molecule has 1 saturated carbocycles. The molecule has 1 atom stereocenters. The SMILES string of the molecule is O=C(NCc1ccccc1)N1CCC(N2CC3(CCCC3)C2c2ccccc2)CC1. The summed E-state index contributed by atoms with van der Waals surface area (Å²) >= 11 is 0. The van der Waals surface area contributed by atoms with Gasteiger partial charge in [0.2, 0.25) is 0 Å². The monoisotopic (exact) mass is 403 g/mol. The highest BCUT2D eigenvalue weighted by molar-refractivity contribution is 5.74. The third-order valence-electron chi connectivity index (χ3n) is 7.63. The van der Waals surface area contributed by atoms with Gasteiger partial charge >= 0.3 is 6.03 Å². The molecule has 4 nitrogen and oxygen atoms in total. The Balaban J connectivity index is 1.18. The highest BCUT2D eigenvalue weighted by atomic mass is 16.2. The summed E-state index contributed by atoms with van der Waals surface area (Å²) in [5.74, 6) is 0. The smallest absolute Gasteiger partial charge is 0.317 e. The van der Waals surface area contributed by atoms with Crippen molar-refractivity contribution < 1.29 is 4.79 Å². The Labute approximate surface area is 180 Å². The molecule has 3 aliphatic rings. The molecular weight excluding hydrogens is 370 g/mol. The number of urea groups is 1. The van der Waals surface area contributed by atoms with Crippen LogP contribution in [-0.4, -0.2) is 41.5 Å². The van der Waals surface area contributed by atoms with Crippen molar-refractivity contribution in [2.45, 2.75) is 57.2 Å². The minimum absolute atomic E-state index is 0.0767. The molecule has 2 aromatic rings. The Kier molecular flexibility index (Phi) is 5.51. The Morgan fingerprint density at radius 2 is 1.57 bits per heavy atom. The number of rotatable bonds is 4. The van der Waals surface area contributed by atoms with Crippen LogP contribution in [0.1, 0.15) is 55.7 Å². The van der Waals surface area contributed by atoms with Crippen molar-refractivity contribution in [2.75, 3.05) is 19.6 Å². The molecule has 1 spiro atoms. The molecular formula is C26H33N3O. The van der Waals surface area contributed by atoms with E-state index in [4.69, 9.17) is 0 Å². The van der Waals surface area contributed by atoms with E-state index in [1.54, 1.807) is 0 Å². The van der Waals surface area contributed by atoms with Crippen LogP contribution in [0, 0.1) is 5.41 Å². The van der Waals surface area contributed by atoms with Gasteiger partial charge in [-0.3, -0.25) is 4.90 Å². The van der Waals surface area contributed by atoms with Crippen molar-refractivity contribution in [1.29, 1.82) is 0 Å². The van der Waals surface area contributed by atoms with E-state index in [0.717, 1.165) is 31.5 Å². The van der Waals surface area contributed by atoms with E-state index in [2.05, 4.69) is 52.7 Å². The van der Waals surface area contributed by atoms with Gasteiger partial charge in [-0.1, -0.05) is 73.5 Å². The number of hydrogen-bond donors (Lipinski definition) is 1. The van der Waals surface area contributed by atoms with Gasteiger partial charge < -0.3 is 10.2 Å². The number of benzene rings is 2. The first-order chi connectivity index (χ1) is 14.8. The average Bonchev–Trinajstić information content (AvgIpc) is 3.29. The quantitative estimate of drug-likeness (QED) is 0.782. The van der Waals surface area contributed by atoms with E-state index in [0.29, 0.717) is 24.0 Å². The number of carbonyl (C=O) groups excluding carboxylic acids is 1. The molecule has 2 amide bonds. The maximum Gasteiger partial charge on any atom is 0.317 e. The second-order valence-corrected chi connectivity index (χ2v) is 9.42. The van der Waals surface area contributed by atoms with Crippen LogP contribution < -0.4 is 5.32 Å². The van der Waals surface area contributed by atoms with Crippen LogP contribution in [0.5, 0.6) is 0 Å². The van der Waals surface area contributed by atoms with E-state index in [1.165, 1.54) is 37.8 Å². The first kappa shape index (κ1) is 19.6. The van der Waals surface area contributed by atoms with E-state index in [-0.39, 0.29) is 6.03 Å². The van der Waals surface area contributed by atoms with Crippen LogP contribution in [0.3, 0.4) is 0 Å². The standard InChI is InChI=1S/C26H33N3O/c30-25(27-19-21-9-3-1-4-10-21)28-17-13-23(14-18-28)29-20-26(15-7-8-16-26)24(29)22-11-5-2-6-12-22/h1-6,9-12,23-24H,7-8,13-20H2,(H,27,30). The predicted octanol–water partition coefficient (Wildman–Crippen LogP) is 4.98. The average molecular weight is 404 g/mol. The number of amides is 2. The first-order valence-electron chi connectivity index (χ1n) is 11.6. The number of likely N-dealkylation sites (tertiary alicyclic amines) is 2. The van der Waals surface area contributed by atoms with E-state index in [1.807, 2.05) is 23.1 Å². The Morgan fingerprint density at radius 3 is 2.23 bits per heavy atom. The van der Waals surface area contributed by atoms with Gasteiger partial charge in [-0.2, -0.15) is 0 Å². The summed E-state index contributed by atoms with van der Waals surface area (Å²) < 4.78 is 0. The third-order valence-corrected chi connectivity index (χ3v) is 7.63. The predicted molar refractivity (Wildman–Crippen MR) is 120 cm³/mol. The van der Waals surface area contributed by atoms with E-state index >= 15 is 0 Å². The summed E-state index contributed by atoms with van der Waals surface area (Å²) in [5.41, 5.74) is 3.15. The molecule has 0 aromatic heterocycles. The number of hydrogen-bond acceptors (Lipinski definition) is 2. The van der Waals surface area contributed by atoms with Gasteiger partial charge in [-0.25, -0.2) is 4.79 Å². The minimum atomic E-state index is 0.0767. The summed E-state index contributed by atoms with van der Waals surface area (Å²) in [5, 5.41) is 3.09. The van der Waals surface area contributed by atoms with Crippen LogP contribution in [0.25, 0.3) is 0 Å². The summed E-state index contributed by atoms with van der Waals surface area (Å²) in [6.07, 6.45) is 7.69. The zero-order chi connectivity index (χ0) is 20.4. The van der Waals surface area contributed by atoms with Crippen LogP contribution in [0.2, 0.25) is 0 Å². The zero-order valence-electron chi connectivity index (χ0n) is 17.8. The lowest BCUT2D eigenvalue weighted by molar-refractivity contribution is -0.110. The summed E-state index contributed by atoms with van der Waals surface area (Å²) in [6.45, 7) is 3.56. The molecule has 0 bridgehead atoms. The van der Waals surface area contributed by atoms with Crippen LogP contribution in [0.4, 0.5) is 4.79 Å². The number of nitrogens with zero attached hydrogens (tertiary/aromatic N) is 2. The molecule has 4 heteroatoms. The van der Waals surface area contributed by atoms with Crippen molar-refractivity contribution in [1.82, 2.24) is 15.1 Å². The van der Waals surface area contributed by atoms with Gasteiger partial charge in [0, 0.05) is 43.7 Å². The van der Waals surface area contributed by atoms with E-state index in [9.17, 15) is 4.79 Å². The molecule has 1 aliphatic carbocycles. The van der Waals surface area contributed by atoms with Crippen molar-refractivity contribution in [3.63, 3.8) is 0 Å². The number of nitrogens with one attached hydrogen (secondary N) is 1. The number of piperidine rings is 1. The molecule has 3 fully saturated rings. The van der Waals surface area contributed by atoms with Crippen LogP contribution in [-0.2, 0) is 6.54 Å². The first-order valence-corrected chi connectivity index (χ1v) is 11.6. The maximum atomic E-state index is 12.6. The molecule has 2 aliphatic heterocycles. The molecule has 2 aromatic carbocycles. The van der Waals surface area contributed by atoms with Gasteiger partial charge in [0.15, 0.2) is 0 Å². The van der Waals surface area contributed by atoms with Gasteiger partial charge in [-0.05, 0) is 36.8 Å². The summed E-state index contributed by atoms with van der Waals surface area (Å²) in [6, 6.07) is 22.5. The van der Waals surface area contributed by atoms with Gasteiger partial charge in [0.25, 0.3) is 0 Å². The molecule has 0 radical (unpaired) electrons. The van der Waals surface area contributed by atoms with E-state index < -0.39 is 0 Å². The molecule has 1 N–H and O–H groups in total. The summed E-state index contributed by atoms with van der Waals surface area (Å²) in [7, 11) is 0. The fourth-order valence-corrected chi connectivity index (χ4v) is 6.10. The fourth-order valence-electron chi connectivity index (χ4n) is 6.10. The third kappa shape index (κ3) is 3.74. The summed E-state index contributed by atoms with van der Waals surface area (Å²) in [4.78, 5) is 17.4. The van der Waals surface area contributed by atoms with Crippen molar-refractivity contribution >= 4 is 6.03 Å². The largest absolute Gasteiger partial charge is 0.334 e. The molecule has 5 rings (SSSR count). The second kappa shape index (κ2) is 8.43. The highest BCUT2D eigenvalue weighted by Crippen LogP contribution is 2.59. The molecule has 2 heterocycles. The highest BCUT2D eigenvalue weighted by Gasteiger charge is 2.55. The Hall–Kier alpha value is -2.33. The number of carbonyl (C=O) groups is 1. The van der Waals surface area contributed by atoms with Gasteiger partial charge in [0.05, 0.1) is 0 Å². The lowest BCUT2D eigenvalue weighted by atomic mass is 9.66. The zero-order valence-corrected chi connectivity index (χ0v) is 17.8. The second-order valence-electron chi connectivity index (χ2n) is 9.42. The van der Waals surface area contributed by atoms with Crippen LogP contribution >= 0.6 is 0 Å². The molecule has 2 saturated heterocycles. The van der Waals surface area contributed by atoms with Crippen molar-refractivity contribution in [3.05, 3.63) is 71.8 Å². The maximum absolute atomic E-state index is 12.6. The van der Waals surface area contributed by atoms with Gasteiger partial charge in [-0.15, -0.1) is 0 Å². The van der Waals surface area contributed by atoms with Crippen molar-refractivity contribution in [3.8, 4) is 0 Å². The topological polar surface area (TPSA) is 35.6 Å². The van der Waals surface area contributed by atoms with Gasteiger partial charge in [0.1, 0.15) is 0 Å². The minimum Gasteiger partial charge on any atom is -0.334 e. The Morgan fingerprint density at radius 1 is 0.933 bits per heavy atom. The molecule has 158 valence electrons. The lowest BCUT2D eigenvalue weighted by Gasteiger charge is -2.60. The lowest BCUT2D eigenvalue weighted by Crippen LogP contribution is -2.62. The normalized spacial score (nSPS) is 24.0. The van der Waals surface area contributed by atoms with Crippen LogP contribution in [0.15, 0.2) is 60.7 Å². The molecule has 1 unspecified atom stereocenters. The fraction of sp³-hybridized carbons (Fsp3) is 0.500.